The minimum absolute atomic E-state index is 0. The average molecular weight is 643 g/mol. The predicted molar refractivity (Wildman–Crippen MR) is 154 cm³/mol. The molecule has 0 radical (unpaired) electrons. The first-order valence-electron chi connectivity index (χ1n) is 14.3. The van der Waals surface area contributed by atoms with E-state index in [0.29, 0.717) is 35.4 Å². The van der Waals surface area contributed by atoms with Gasteiger partial charge in [-0.15, -0.1) is 0 Å². The quantitative estimate of drug-likeness (QED) is 0.237. The number of β-amino-alcohol motifs (C(OH)–C–C–N with tert-alkyl or cyclic N) is 1. The van der Waals surface area contributed by atoms with E-state index in [4.69, 9.17) is 0 Å². The van der Waals surface area contributed by atoms with E-state index < -0.39 is 52.4 Å². The molecule has 0 bridgehead atoms. The number of carbonyl (C=O) groups excluding carboxylic acids is 1. The average Bonchev–Trinajstić information content (AvgIpc) is 3.28. The number of aromatic nitrogens is 1. The van der Waals surface area contributed by atoms with Gasteiger partial charge in [0, 0.05) is 43.3 Å². The van der Waals surface area contributed by atoms with E-state index in [2.05, 4.69) is 0 Å². The molecule has 3 aromatic rings. The van der Waals surface area contributed by atoms with Gasteiger partial charge >= 0.3 is 29.6 Å². The summed E-state index contributed by atoms with van der Waals surface area (Å²) in [6.07, 6.45) is -3.21. The molecule has 0 aliphatic carbocycles. The summed E-state index contributed by atoms with van der Waals surface area (Å²) in [5.74, 6) is -2.85. The van der Waals surface area contributed by atoms with Crippen LogP contribution >= 0.6 is 0 Å². The summed E-state index contributed by atoms with van der Waals surface area (Å²) < 4.78 is 60.1. The number of nitrogens with zero attached hydrogens (tertiary/aromatic N) is 2. The minimum Gasteiger partial charge on any atom is -0.550 e. The maximum atomic E-state index is 14.5. The topological polar surface area (TPSA) is 143 Å². The van der Waals surface area contributed by atoms with Gasteiger partial charge < -0.3 is 29.8 Å². The number of hydrogen-bond donors (Lipinski definition) is 3. The Bertz CT molecular complexity index is 1530. The number of aliphatic hydroxyl groups excluding tert-OH is 3. The molecule has 3 atom stereocenters. The van der Waals surface area contributed by atoms with Crippen molar-refractivity contribution in [3.63, 3.8) is 0 Å². The number of piperidine rings is 1. The van der Waals surface area contributed by atoms with Gasteiger partial charge in [-0.25, -0.2) is 17.2 Å². The fourth-order valence-corrected chi connectivity index (χ4v) is 7.81. The number of halogens is 2. The van der Waals surface area contributed by atoms with Crippen LogP contribution < -0.4 is 34.7 Å². The Hall–Kier alpha value is -2.16. The fraction of sp³-hybridized carbons (Fsp3) is 0.452. The molecular formula is C31H37F2N2NaO7S. The third-order valence-corrected chi connectivity index (χ3v) is 9.58. The molecule has 1 fully saturated rings. The molecule has 13 heteroatoms. The Morgan fingerprint density at radius 2 is 1.57 bits per heavy atom. The van der Waals surface area contributed by atoms with Gasteiger partial charge in [0.1, 0.15) is 16.5 Å². The van der Waals surface area contributed by atoms with Crippen molar-refractivity contribution in [2.75, 3.05) is 13.1 Å². The Labute approximate surface area is 278 Å². The van der Waals surface area contributed by atoms with Crippen molar-refractivity contribution in [2.45, 2.75) is 81.6 Å². The molecule has 3 N–H and O–H groups in total. The maximum Gasteiger partial charge on any atom is 1.00 e. The van der Waals surface area contributed by atoms with Crippen LogP contribution in [0.5, 0.6) is 0 Å². The van der Waals surface area contributed by atoms with E-state index in [0.717, 1.165) is 0 Å². The summed E-state index contributed by atoms with van der Waals surface area (Å²) in [6.45, 7) is 3.81. The monoisotopic (exact) mass is 642 g/mol. The molecule has 1 aromatic heterocycles. The molecule has 44 heavy (non-hydrogen) atoms. The summed E-state index contributed by atoms with van der Waals surface area (Å²) >= 11 is 0. The van der Waals surface area contributed by atoms with E-state index in [1.807, 2.05) is 13.8 Å². The van der Waals surface area contributed by atoms with Crippen LogP contribution in [0.1, 0.15) is 57.6 Å². The second kappa shape index (κ2) is 15.4. The molecule has 234 valence electrons. The number of carbonyl (C=O) groups is 1. The second-order valence-electron chi connectivity index (χ2n) is 11.3. The van der Waals surface area contributed by atoms with Crippen molar-refractivity contribution < 1.29 is 72.0 Å². The zero-order chi connectivity index (χ0) is 31.5. The summed E-state index contributed by atoms with van der Waals surface area (Å²) in [6, 6.07) is 10.9. The van der Waals surface area contributed by atoms with Gasteiger partial charge in [0.2, 0.25) is 10.0 Å². The van der Waals surface area contributed by atoms with Crippen LogP contribution in [0.4, 0.5) is 8.78 Å². The van der Waals surface area contributed by atoms with Gasteiger partial charge in [-0.3, -0.25) is 0 Å². The minimum atomic E-state index is -4.24. The van der Waals surface area contributed by atoms with Gasteiger partial charge in [-0.1, -0.05) is 26.0 Å². The maximum absolute atomic E-state index is 14.5. The van der Waals surface area contributed by atoms with Crippen molar-refractivity contribution in [1.29, 1.82) is 0 Å². The van der Waals surface area contributed by atoms with E-state index in [1.165, 1.54) is 52.8 Å². The molecule has 2 aromatic carbocycles. The number of rotatable bonds is 12. The van der Waals surface area contributed by atoms with Crippen LogP contribution in [0.3, 0.4) is 0 Å². The van der Waals surface area contributed by atoms with Crippen molar-refractivity contribution >= 4 is 16.0 Å². The number of aliphatic hydroxyl groups is 3. The Kier molecular flexibility index (Phi) is 12.7. The van der Waals surface area contributed by atoms with Crippen molar-refractivity contribution in [2.24, 2.45) is 0 Å². The zero-order valence-corrected chi connectivity index (χ0v) is 27.9. The Morgan fingerprint density at radius 1 is 1.00 bits per heavy atom. The molecular weight excluding hydrogens is 605 g/mol. The molecule has 3 unspecified atom stereocenters. The molecule has 0 spiro atoms. The Balaban J connectivity index is 0.00000529. The van der Waals surface area contributed by atoms with Crippen molar-refractivity contribution in [1.82, 2.24) is 8.87 Å². The van der Waals surface area contributed by atoms with Crippen LogP contribution in [0.15, 0.2) is 53.4 Å². The number of hydrogen-bond acceptors (Lipinski definition) is 7. The van der Waals surface area contributed by atoms with Crippen LogP contribution in [-0.4, -0.2) is 70.0 Å². The fourth-order valence-electron chi connectivity index (χ4n) is 5.73. The summed E-state index contributed by atoms with van der Waals surface area (Å²) in [4.78, 5) is 10.9. The first-order chi connectivity index (χ1) is 20.3. The van der Waals surface area contributed by atoms with Gasteiger partial charge in [0.25, 0.3) is 0 Å². The van der Waals surface area contributed by atoms with Crippen molar-refractivity contribution in [3.8, 4) is 22.4 Å². The third kappa shape index (κ3) is 8.35. The first-order valence-corrected chi connectivity index (χ1v) is 15.8. The van der Waals surface area contributed by atoms with Gasteiger partial charge in [0.15, 0.2) is 0 Å². The van der Waals surface area contributed by atoms with E-state index in [1.54, 1.807) is 4.57 Å². The second-order valence-corrected chi connectivity index (χ2v) is 13.2. The smallest absolute Gasteiger partial charge is 0.550 e. The Morgan fingerprint density at radius 3 is 2.09 bits per heavy atom. The summed E-state index contributed by atoms with van der Waals surface area (Å²) in [5.41, 5.74) is 1.98. The molecule has 1 aliphatic rings. The summed E-state index contributed by atoms with van der Waals surface area (Å²) in [7, 11) is -4.24. The van der Waals surface area contributed by atoms with E-state index in [9.17, 15) is 42.4 Å². The molecule has 9 nitrogen and oxygen atoms in total. The third-order valence-electron chi connectivity index (χ3n) is 7.64. The normalized spacial score (nSPS) is 17.3. The number of sulfonamides is 1. The van der Waals surface area contributed by atoms with Gasteiger partial charge in [0.05, 0.1) is 24.0 Å². The van der Waals surface area contributed by atoms with E-state index >= 15 is 0 Å². The van der Waals surface area contributed by atoms with Crippen molar-refractivity contribution in [3.05, 3.63) is 65.9 Å². The largest absolute Gasteiger partial charge is 1.00 e. The predicted octanol–water partition coefficient (Wildman–Crippen LogP) is 0.0151. The summed E-state index contributed by atoms with van der Waals surface area (Å²) in [5, 5.41) is 41.9. The van der Waals surface area contributed by atoms with Crippen LogP contribution in [0, 0.1) is 11.6 Å². The molecule has 0 saturated carbocycles. The first kappa shape index (κ1) is 36.3. The van der Waals surface area contributed by atoms with E-state index in [-0.39, 0.29) is 78.4 Å². The molecule has 4 rings (SSSR count). The number of carboxylic acid groups (broad SMARTS) is 1. The SMILES string of the molecule is CC(C)c1c(S(=O)(=O)N2CCCC(O)C2)c(-c2ccc(F)cc2)c(-c2ccc(F)cc2)n1CCC(O)CC(O)CC(=O)[O-].[Na+]. The van der Waals surface area contributed by atoms with Gasteiger partial charge in [-0.2, -0.15) is 4.31 Å². The van der Waals surface area contributed by atoms with Crippen LogP contribution in [0.25, 0.3) is 22.4 Å². The molecule has 1 aliphatic heterocycles. The zero-order valence-electron chi connectivity index (χ0n) is 25.1. The molecule has 1 saturated heterocycles. The molecule has 2 heterocycles. The number of aliphatic carboxylic acids is 1. The molecule has 0 amide bonds. The van der Waals surface area contributed by atoms with Crippen LogP contribution in [-0.2, 0) is 21.4 Å². The van der Waals surface area contributed by atoms with Crippen LogP contribution in [0.2, 0.25) is 0 Å². The van der Waals surface area contributed by atoms with Gasteiger partial charge in [-0.05, 0) is 79.1 Å². The number of carboxylic acids is 1. The standard InChI is InChI=1S/C31H38F2N2O7S.Na/c1-19(2)29-31(43(41,42)34-14-3-4-25(37)18-34)28(20-5-9-22(32)10-6-20)30(21-7-11-23(33)12-8-21)35(29)15-13-24(36)16-26(38)17-27(39)40;/h5-12,19,24-26,36-38H,3-4,13-18H2,1-2H3,(H,39,40);/q;+1/p-1. The number of benzene rings is 2.